The standard InChI is InChI=1S/C14H18ClN5OS/c1-21-13-17-8-11(15)12(19-13)16-5-4-10-9-22-14(18-10)20-6-2-3-7-20/h8-9H,2-7H2,1H3,(H,16,17,19). The average molecular weight is 340 g/mol. The summed E-state index contributed by atoms with van der Waals surface area (Å²) in [5, 5.41) is 6.94. The summed E-state index contributed by atoms with van der Waals surface area (Å²) in [6.45, 7) is 2.96. The fourth-order valence-corrected chi connectivity index (χ4v) is 3.42. The van der Waals surface area contributed by atoms with Crippen LogP contribution in [0, 0.1) is 0 Å². The third-order valence-corrected chi connectivity index (χ3v) is 4.72. The fraction of sp³-hybridized carbons (Fsp3) is 0.500. The van der Waals surface area contributed by atoms with Crippen LogP contribution in [0.3, 0.4) is 0 Å². The highest BCUT2D eigenvalue weighted by molar-refractivity contribution is 7.13. The molecule has 22 heavy (non-hydrogen) atoms. The first-order valence-electron chi connectivity index (χ1n) is 7.26. The monoisotopic (exact) mass is 339 g/mol. The van der Waals surface area contributed by atoms with Crippen LogP contribution in [-0.2, 0) is 6.42 Å². The zero-order chi connectivity index (χ0) is 15.4. The molecule has 0 saturated carbocycles. The third-order valence-electron chi connectivity index (χ3n) is 3.49. The summed E-state index contributed by atoms with van der Waals surface area (Å²) in [6, 6.07) is 0.303. The molecule has 1 saturated heterocycles. The van der Waals surface area contributed by atoms with Crippen LogP contribution in [0.5, 0.6) is 6.01 Å². The van der Waals surface area contributed by atoms with Crippen LogP contribution in [-0.4, -0.2) is 41.7 Å². The first-order valence-corrected chi connectivity index (χ1v) is 8.52. The highest BCUT2D eigenvalue weighted by Gasteiger charge is 2.15. The van der Waals surface area contributed by atoms with E-state index in [4.69, 9.17) is 21.3 Å². The van der Waals surface area contributed by atoms with E-state index in [1.807, 2.05) is 0 Å². The smallest absolute Gasteiger partial charge is 0.318 e. The lowest BCUT2D eigenvalue weighted by atomic mass is 10.3. The molecule has 2 aromatic rings. The van der Waals surface area contributed by atoms with Crippen molar-refractivity contribution in [2.24, 2.45) is 0 Å². The predicted octanol–water partition coefficient (Wildman–Crippen LogP) is 2.85. The molecule has 1 aliphatic rings. The molecule has 3 rings (SSSR count). The van der Waals surface area contributed by atoms with Crippen LogP contribution in [0.4, 0.5) is 10.9 Å². The highest BCUT2D eigenvalue weighted by Crippen LogP contribution is 2.25. The van der Waals surface area contributed by atoms with Gasteiger partial charge >= 0.3 is 6.01 Å². The Labute approximate surface area is 138 Å². The number of hydrogen-bond acceptors (Lipinski definition) is 7. The summed E-state index contributed by atoms with van der Waals surface area (Å²) in [4.78, 5) is 15.2. The normalized spacial score (nSPS) is 14.4. The summed E-state index contributed by atoms with van der Waals surface area (Å²) in [7, 11) is 1.53. The minimum absolute atomic E-state index is 0.303. The second-order valence-electron chi connectivity index (χ2n) is 5.05. The van der Waals surface area contributed by atoms with Crippen LogP contribution >= 0.6 is 22.9 Å². The van der Waals surface area contributed by atoms with Gasteiger partial charge in [0.05, 0.1) is 19.0 Å². The van der Waals surface area contributed by atoms with Crippen LogP contribution in [0.1, 0.15) is 18.5 Å². The van der Waals surface area contributed by atoms with Gasteiger partial charge in [0.2, 0.25) is 0 Å². The van der Waals surface area contributed by atoms with E-state index in [1.54, 1.807) is 11.3 Å². The van der Waals surface area contributed by atoms with E-state index in [1.165, 1.54) is 26.1 Å². The SMILES string of the molecule is COc1ncc(Cl)c(NCCc2csc(N3CCCC3)n2)n1. The van der Waals surface area contributed by atoms with Crippen molar-refractivity contribution >= 4 is 33.9 Å². The molecule has 0 unspecified atom stereocenters. The Morgan fingerprint density at radius 3 is 2.95 bits per heavy atom. The molecule has 3 heterocycles. The van der Waals surface area contributed by atoms with E-state index in [-0.39, 0.29) is 0 Å². The summed E-state index contributed by atoms with van der Waals surface area (Å²) in [6.07, 6.45) is 4.89. The number of ether oxygens (including phenoxy) is 1. The molecule has 1 fully saturated rings. The number of hydrogen-bond donors (Lipinski definition) is 1. The van der Waals surface area contributed by atoms with E-state index in [0.29, 0.717) is 23.4 Å². The highest BCUT2D eigenvalue weighted by atomic mass is 35.5. The summed E-state index contributed by atoms with van der Waals surface area (Å²) < 4.78 is 5.00. The number of aromatic nitrogens is 3. The second-order valence-corrected chi connectivity index (χ2v) is 6.29. The van der Waals surface area contributed by atoms with Gasteiger partial charge in [0.25, 0.3) is 0 Å². The molecule has 0 atom stereocenters. The van der Waals surface area contributed by atoms with Gasteiger partial charge in [-0.3, -0.25) is 0 Å². The Bertz CT molecular complexity index is 629. The van der Waals surface area contributed by atoms with Gasteiger partial charge in [0, 0.05) is 31.4 Å². The van der Waals surface area contributed by atoms with Crippen molar-refractivity contribution in [3.63, 3.8) is 0 Å². The van der Waals surface area contributed by atoms with Gasteiger partial charge in [-0.1, -0.05) is 11.6 Å². The van der Waals surface area contributed by atoms with Crippen molar-refractivity contribution in [3.05, 3.63) is 22.3 Å². The van der Waals surface area contributed by atoms with Crippen molar-refractivity contribution in [2.75, 3.05) is 37.0 Å². The predicted molar refractivity (Wildman–Crippen MR) is 89.3 cm³/mol. The molecular weight excluding hydrogens is 322 g/mol. The molecule has 0 bridgehead atoms. The molecule has 0 radical (unpaired) electrons. The van der Waals surface area contributed by atoms with E-state index < -0.39 is 0 Å². The minimum Gasteiger partial charge on any atom is -0.467 e. The third kappa shape index (κ3) is 3.59. The van der Waals surface area contributed by atoms with Crippen molar-refractivity contribution in [2.45, 2.75) is 19.3 Å². The van der Waals surface area contributed by atoms with Crippen molar-refractivity contribution in [3.8, 4) is 6.01 Å². The molecule has 8 heteroatoms. The largest absolute Gasteiger partial charge is 0.467 e. The first kappa shape index (κ1) is 15.3. The Kier molecular flexibility index (Phi) is 4.94. The quantitative estimate of drug-likeness (QED) is 0.873. The fourth-order valence-electron chi connectivity index (χ4n) is 2.35. The molecule has 0 amide bonds. The van der Waals surface area contributed by atoms with Gasteiger partial charge in [-0.2, -0.15) is 4.98 Å². The number of thiazole rings is 1. The summed E-state index contributed by atoms with van der Waals surface area (Å²) >= 11 is 7.78. The number of anilines is 2. The van der Waals surface area contributed by atoms with Crippen molar-refractivity contribution < 1.29 is 4.74 Å². The van der Waals surface area contributed by atoms with Crippen LogP contribution in [0.15, 0.2) is 11.6 Å². The Morgan fingerprint density at radius 2 is 2.18 bits per heavy atom. The van der Waals surface area contributed by atoms with E-state index >= 15 is 0 Å². The Hall–Kier alpha value is -1.60. The molecule has 1 N–H and O–H groups in total. The lowest BCUT2D eigenvalue weighted by Gasteiger charge is -2.12. The van der Waals surface area contributed by atoms with Gasteiger partial charge in [0.15, 0.2) is 10.9 Å². The first-order chi connectivity index (χ1) is 10.8. The maximum atomic E-state index is 6.06. The zero-order valence-corrected chi connectivity index (χ0v) is 14.0. The molecule has 1 aliphatic heterocycles. The van der Waals surface area contributed by atoms with Crippen LogP contribution in [0.2, 0.25) is 5.02 Å². The van der Waals surface area contributed by atoms with Gasteiger partial charge in [-0.25, -0.2) is 9.97 Å². The average Bonchev–Trinajstić information content (AvgIpc) is 3.20. The van der Waals surface area contributed by atoms with E-state index in [9.17, 15) is 0 Å². The van der Waals surface area contributed by atoms with Gasteiger partial charge in [-0.05, 0) is 12.8 Å². The molecule has 0 spiro atoms. The second kappa shape index (κ2) is 7.11. The van der Waals surface area contributed by atoms with Gasteiger partial charge < -0.3 is 15.0 Å². The topological polar surface area (TPSA) is 63.2 Å². The Morgan fingerprint density at radius 1 is 1.36 bits per heavy atom. The molecular formula is C14H18ClN5OS. The molecule has 2 aromatic heterocycles. The minimum atomic E-state index is 0.303. The van der Waals surface area contributed by atoms with Crippen molar-refractivity contribution in [1.82, 2.24) is 15.0 Å². The number of nitrogens with one attached hydrogen (secondary N) is 1. The molecule has 6 nitrogen and oxygen atoms in total. The molecule has 0 aliphatic carbocycles. The van der Waals surface area contributed by atoms with Crippen molar-refractivity contribution in [1.29, 1.82) is 0 Å². The van der Waals surface area contributed by atoms with E-state index in [0.717, 1.165) is 30.3 Å². The van der Waals surface area contributed by atoms with Crippen LogP contribution in [0.25, 0.3) is 0 Å². The van der Waals surface area contributed by atoms with Crippen LogP contribution < -0.4 is 15.0 Å². The Balaban J connectivity index is 1.54. The zero-order valence-electron chi connectivity index (χ0n) is 12.4. The lowest BCUT2D eigenvalue weighted by molar-refractivity contribution is 0.380. The lowest BCUT2D eigenvalue weighted by Crippen LogP contribution is -2.17. The van der Waals surface area contributed by atoms with E-state index in [2.05, 4.69) is 25.6 Å². The number of nitrogens with zero attached hydrogens (tertiary/aromatic N) is 4. The summed E-state index contributed by atoms with van der Waals surface area (Å²) in [5.41, 5.74) is 1.09. The maximum absolute atomic E-state index is 6.06. The summed E-state index contributed by atoms with van der Waals surface area (Å²) in [5.74, 6) is 0.587. The molecule has 0 aromatic carbocycles. The number of rotatable bonds is 6. The maximum Gasteiger partial charge on any atom is 0.318 e. The molecule has 118 valence electrons. The van der Waals surface area contributed by atoms with Gasteiger partial charge in [-0.15, -0.1) is 11.3 Å². The number of methoxy groups -OCH3 is 1. The number of halogens is 1. The van der Waals surface area contributed by atoms with Gasteiger partial charge in [0.1, 0.15) is 5.02 Å².